The zero-order chi connectivity index (χ0) is 20.0. The molecule has 0 aliphatic carbocycles. The number of ketones is 1. The van der Waals surface area contributed by atoms with Gasteiger partial charge in [-0.15, -0.1) is 0 Å². The van der Waals surface area contributed by atoms with Gasteiger partial charge in [0.15, 0.2) is 6.10 Å². The Hall–Kier alpha value is -2.95. The Morgan fingerprint density at radius 1 is 0.963 bits per heavy atom. The Balaban J connectivity index is 1.87. The maximum atomic E-state index is 12.3. The lowest BCUT2D eigenvalue weighted by molar-refractivity contribution is -0.145. The Morgan fingerprint density at radius 2 is 1.59 bits per heavy atom. The first-order chi connectivity index (χ1) is 12.8. The minimum atomic E-state index is -0.913. The number of carbonyl (C=O) groups is 3. The lowest BCUT2D eigenvalue weighted by Gasteiger charge is -2.13. The SMILES string of the molecule is CCc1ccc(C(=O)C(C)OC(=O)CNC(=O)c2ccc(C)c(C)c2)cc1. The normalized spacial score (nSPS) is 11.6. The number of hydrogen-bond acceptors (Lipinski definition) is 4. The van der Waals surface area contributed by atoms with E-state index in [0.29, 0.717) is 11.1 Å². The van der Waals surface area contributed by atoms with Gasteiger partial charge in [0.05, 0.1) is 0 Å². The zero-order valence-electron chi connectivity index (χ0n) is 16.2. The molecule has 1 unspecified atom stereocenters. The molecule has 0 saturated carbocycles. The van der Waals surface area contributed by atoms with Crippen molar-refractivity contribution in [3.05, 3.63) is 70.3 Å². The molecule has 5 nitrogen and oxygen atoms in total. The predicted octanol–water partition coefficient (Wildman–Crippen LogP) is 3.41. The van der Waals surface area contributed by atoms with E-state index in [1.165, 1.54) is 6.92 Å². The molecule has 0 spiro atoms. The Labute approximate surface area is 159 Å². The van der Waals surface area contributed by atoms with E-state index in [9.17, 15) is 14.4 Å². The maximum Gasteiger partial charge on any atom is 0.326 e. The molecule has 1 amide bonds. The van der Waals surface area contributed by atoms with Crippen molar-refractivity contribution in [2.45, 2.75) is 40.2 Å². The van der Waals surface area contributed by atoms with Crippen LogP contribution in [0.3, 0.4) is 0 Å². The van der Waals surface area contributed by atoms with Gasteiger partial charge in [0, 0.05) is 11.1 Å². The van der Waals surface area contributed by atoms with E-state index in [1.54, 1.807) is 24.3 Å². The number of Topliss-reactive ketones (excluding diaryl/α,β-unsaturated/α-hetero) is 1. The summed E-state index contributed by atoms with van der Waals surface area (Å²) in [6.07, 6.45) is -0.0253. The minimum absolute atomic E-state index is 0.272. The maximum absolute atomic E-state index is 12.3. The highest BCUT2D eigenvalue weighted by Crippen LogP contribution is 2.11. The van der Waals surface area contributed by atoms with Gasteiger partial charge in [-0.25, -0.2) is 0 Å². The average molecular weight is 367 g/mol. The van der Waals surface area contributed by atoms with Gasteiger partial charge in [0.25, 0.3) is 5.91 Å². The molecule has 142 valence electrons. The molecule has 5 heteroatoms. The van der Waals surface area contributed by atoms with Crippen LogP contribution in [0.4, 0.5) is 0 Å². The molecule has 2 aromatic carbocycles. The second kappa shape index (κ2) is 9.12. The molecule has 0 aliphatic rings. The third kappa shape index (κ3) is 5.51. The third-order valence-corrected chi connectivity index (χ3v) is 4.49. The first-order valence-corrected chi connectivity index (χ1v) is 9.00. The number of esters is 1. The van der Waals surface area contributed by atoms with Crippen molar-refractivity contribution in [2.24, 2.45) is 0 Å². The van der Waals surface area contributed by atoms with Crippen LogP contribution in [0.2, 0.25) is 0 Å². The van der Waals surface area contributed by atoms with Crippen LogP contribution in [-0.2, 0) is 16.0 Å². The van der Waals surface area contributed by atoms with Crippen molar-refractivity contribution >= 4 is 17.7 Å². The van der Waals surface area contributed by atoms with Crippen LogP contribution >= 0.6 is 0 Å². The van der Waals surface area contributed by atoms with E-state index in [-0.39, 0.29) is 18.2 Å². The molecule has 0 aliphatic heterocycles. The molecular formula is C22H25NO4. The largest absolute Gasteiger partial charge is 0.453 e. The highest BCUT2D eigenvalue weighted by molar-refractivity contribution is 6.00. The Bertz CT molecular complexity index is 840. The fourth-order valence-corrected chi connectivity index (χ4v) is 2.57. The first-order valence-electron chi connectivity index (χ1n) is 9.00. The second-order valence-corrected chi connectivity index (χ2v) is 6.53. The molecule has 27 heavy (non-hydrogen) atoms. The number of nitrogens with one attached hydrogen (secondary N) is 1. The summed E-state index contributed by atoms with van der Waals surface area (Å²) in [5.41, 5.74) is 4.19. The monoisotopic (exact) mass is 367 g/mol. The number of aryl methyl sites for hydroxylation is 3. The van der Waals surface area contributed by atoms with Crippen LogP contribution in [0.1, 0.15) is 51.3 Å². The molecule has 0 fully saturated rings. The fourth-order valence-electron chi connectivity index (χ4n) is 2.57. The summed E-state index contributed by atoms with van der Waals surface area (Å²) < 4.78 is 5.15. The molecule has 0 saturated heterocycles. The van der Waals surface area contributed by atoms with Crippen LogP contribution in [-0.4, -0.2) is 30.3 Å². The van der Waals surface area contributed by atoms with Crippen molar-refractivity contribution in [3.63, 3.8) is 0 Å². The molecule has 2 rings (SSSR count). The summed E-state index contributed by atoms with van der Waals surface area (Å²) in [6, 6.07) is 12.5. The van der Waals surface area contributed by atoms with Gasteiger partial charge >= 0.3 is 5.97 Å². The van der Waals surface area contributed by atoms with Crippen LogP contribution in [0.15, 0.2) is 42.5 Å². The number of hydrogen-bond donors (Lipinski definition) is 1. The van der Waals surface area contributed by atoms with Gasteiger partial charge in [-0.05, 0) is 56.0 Å². The average Bonchev–Trinajstić information content (AvgIpc) is 2.67. The molecule has 0 aromatic heterocycles. The number of ether oxygens (including phenoxy) is 1. The van der Waals surface area contributed by atoms with E-state index in [0.717, 1.165) is 23.1 Å². The smallest absolute Gasteiger partial charge is 0.326 e. The van der Waals surface area contributed by atoms with Gasteiger partial charge in [0.2, 0.25) is 5.78 Å². The van der Waals surface area contributed by atoms with Crippen molar-refractivity contribution in [2.75, 3.05) is 6.54 Å². The lowest BCUT2D eigenvalue weighted by Crippen LogP contribution is -2.34. The molecule has 2 aromatic rings. The van der Waals surface area contributed by atoms with Crippen molar-refractivity contribution in [1.82, 2.24) is 5.32 Å². The standard InChI is InChI=1S/C22H25NO4/c1-5-17-7-10-18(11-8-17)21(25)16(4)27-20(24)13-23-22(26)19-9-6-14(2)15(3)12-19/h6-12,16H,5,13H2,1-4H3,(H,23,26). The summed E-state index contributed by atoms with van der Waals surface area (Å²) in [5, 5.41) is 2.52. The van der Waals surface area contributed by atoms with Crippen molar-refractivity contribution in [1.29, 1.82) is 0 Å². The van der Waals surface area contributed by atoms with Crippen molar-refractivity contribution in [3.8, 4) is 0 Å². The topological polar surface area (TPSA) is 72.5 Å². The summed E-state index contributed by atoms with van der Waals surface area (Å²) in [5.74, 6) is -1.28. The van der Waals surface area contributed by atoms with Crippen LogP contribution in [0.5, 0.6) is 0 Å². The Morgan fingerprint density at radius 3 is 2.19 bits per heavy atom. The van der Waals surface area contributed by atoms with Gasteiger partial charge in [-0.1, -0.05) is 37.3 Å². The summed E-state index contributed by atoms with van der Waals surface area (Å²) >= 11 is 0. The summed E-state index contributed by atoms with van der Waals surface area (Å²) in [7, 11) is 0. The van der Waals surface area contributed by atoms with Crippen LogP contribution < -0.4 is 5.32 Å². The third-order valence-electron chi connectivity index (χ3n) is 4.49. The minimum Gasteiger partial charge on any atom is -0.453 e. The van der Waals surface area contributed by atoms with Crippen LogP contribution in [0, 0.1) is 13.8 Å². The van der Waals surface area contributed by atoms with E-state index in [4.69, 9.17) is 4.74 Å². The number of benzene rings is 2. The molecule has 1 atom stereocenters. The van der Waals surface area contributed by atoms with Gasteiger partial charge in [-0.2, -0.15) is 0 Å². The van der Waals surface area contributed by atoms with E-state index in [1.807, 2.05) is 39.0 Å². The van der Waals surface area contributed by atoms with E-state index < -0.39 is 12.1 Å². The highest BCUT2D eigenvalue weighted by atomic mass is 16.5. The van der Waals surface area contributed by atoms with Gasteiger partial charge in [0.1, 0.15) is 6.54 Å². The first kappa shape index (κ1) is 20.4. The lowest BCUT2D eigenvalue weighted by atomic mass is 10.0. The zero-order valence-corrected chi connectivity index (χ0v) is 16.2. The summed E-state index contributed by atoms with van der Waals surface area (Å²) in [6.45, 7) is 7.15. The number of amides is 1. The Kier molecular flexibility index (Phi) is 6.88. The molecule has 0 bridgehead atoms. The quantitative estimate of drug-likeness (QED) is 0.601. The molecule has 0 radical (unpaired) electrons. The van der Waals surface area contributed by atoms with Gasteiger partial charge < -0.3 is 10.1 Å². The molecule has 0 heterocycles. The molecule has 1 N–H and O–H groups in total. The summed E-state index contributed by atoms with van der Waals surface area (Å²) in [4.78, 5) is 36.4. The van der Waals surface area contributed by atoms with E-state index >= 15 is 0 Å². The fraction of sp³-hybridized carbons (Fsp3) is 0.318. The number of rotatable bonds is 7. The predicted molar refractivity (Wildman–Crippen MR) is 104 cm³/mol. The van der Waals surface area contributed by atoms with E-state index in [2.05, 4.69) is 5.32 Å². The number of carbonyl (C=O) groups excluding carboxylic acids is 3. The molecular weight excluding hydrogens is 342 g/mol. The van der Waals surface area contributed by atoms with Crippen LogP contribution in [0.25, 0.3) is 0 Å². The highest BCUT2D eigenvalue weighted by Gasteiger charge is 2.20. The second-order valence-electron chi connectivity index (χ2n) is 6.53. The van der Waals surface area contributed by atoms with Crippen molar-refractivity contribution < 1.29 is 19.1 Å². The van der Waals surface area contributed by atoms with Gasteiger partial charge in [-0.3, -0.25) is 14.4 Å².